The van der Waals surface area contributed by atoms with Gasteiger partial charge in [0.1, 0.15) is 11.5 Å². The Kier molecular flexibility index (Phi) is 7.09. The predicted octanol–water partition coefficient (Wildman–Crippen LogP) is 4.89. The molecule has 5 heteroatoms. The molecule has 4 rings (SSSR count). The normalized spacial score (nSPS) is 12.0. The van der Waals surface area contributed by atoms with Crippen LogP contribution in [0.25, 0.3) is 0 Å². The molecule has 0 heterocycles. The molecule has 0 bridgehead atoms. The number of hydrogen-bond acceptors (Lipinski definition) is 2. The van der Waals surface area contributed by atoms with Crippen molar-refractivity contribution in [3.8, 4) is 0 Å². The van der Waals surface area contributed by atoms with E-state index in [1.54, 1.807) is 12.1 Å². The van der Waals surface area contributed by atoms with Crippen LogP contribution in [0.15, 0.2) is 115 Å². The maximum Gasteiger partial charge on any atom is 0.240 e. The molecule has 2 amide bonds. The largest absolute Gasteiger partial charge is 0.368 e. The van der Waals surface area contributed by atoms with Crippen molar-refractivity contribution in [2.45, 2.75) is 17.9 Å². The Morgan fingerprint density at radius 1 is 0.706 bits per heavy atom. The third-order valence-corrected chi connectivity index (χ3v) is 6.21. The Balaban J connectivity index is 1.83. The van der Waals surface area contributed by atoms with Gasteiger partial charge in [-0.3, -0.25) is 9.59 Å². The second-order valence-electron chi connectivity index (χ2n) is 8.11. The average Bonchev–Trinajstić information content (AvgIpc) is 2.87. The van der Waals surface area contributed by atoms with Crippen molar-refractivity contribution in [2.24, 2.45) is 5.73 Å². The fourth-order valence-electron chi connectivity index (χ4n) is 4.30. The molecule has 4 aromatic carbocycles. The predicted molar refractivity (Wildman–Crippen MR) is 135 cm³/mol. The van der Waals surface area contributed by atoms with Crippen LogP contribution in [-0.4, -0.2) is 17.9 Å². The Bertz CT molecular complexity index is 1150. The molecule has 0 aliphatic heterocycles. The van der Waals surface area contributed by atoms with Gasteiger partial charge in [-0.2, -0.15) is 0 Å². The Morgan fingerprint density at radius 3 is 1.50 bits per heavy atom. The molecule has 0 aromatic heterocycles. The quantitative estimate of drug-likeness (QED) is 0.361. The maximum atomic E-state index is 14.3. The van der Waals surface area contributed by atoms with Crippen LogP contribution in [0, 0.1) is 0 Å². The van der Waals surface area contributed by atoms with Crippen LogP contribution < -0.4 is 11.1 Å². The van der Waals surface area contributed by atoms with E-state index in [9.17, 15) is 9.59 Å². The molecule has 0 fully saturated rings. The maximum absolute atomic E-state index is 14.3. The minimum absolute atomic E-state index is 0.257. The molecule has 0 radical (unpaired) electrons. The van der Waals surface area contributed by atoms with Gasteiger partial charge in [-0.05, 0) is 34.4 Å². The van der Waals surface area contributed by atoms with Crippen molar-refractivity contribution >= 4 is 23.4 Å². The Hall–Kier alpha value is -3.89. The first kappa shape index (κ1) is 23.3. The fraction of sp³-hybridized carbons (Fsp3) is 0.103. The Morgan fingerprint density at radius 2 is 1.12 bits per heavy atom. The monoisotopic (exact) mass is 468 g/mol. The summed E-state index contributed by atoms with van der Waals surface area (Å²) in [5, 5.41) is 3.57. The minimum atomic E-state index is -1.18. The molecule has 0 saturated heterocycles. The zero-order valence-corrected chi connectivity index (χ0v) is 19.3. The zero-order valence-electron chi connectivity index (χ0n) is 18.5. The first-order valence-corrected chi connectivity index (χ1v) is 11.4. The van der Waals surface area contributed by atoms with Gasteiger partial charge in [0, 0.05) is 11.4 Å². The van der Waals surface area contributed by atoms with Crippen molar-refractivity contribution in [1.29, 1.82) is 0 Å². The summed E-state index contributed by atoms with van der Waals surface area (Å²) >= 11 is 6.00. The number of carbonyl (C=O) groups excluding carboxylic acids is 2. The lowest BCUT2D eigenvalue weighted by Crippen LogP contribution is -2.54. The second-order valence-corrected chi connectivity index (χ2v) is 8.54. The van der Waals surface area contributed by atoms with E-state index < -0.39 is 17.4 Å². The number of halogens is 1. The summed E-state index contributed by atoms with van der Waals surface area (Å²) in [4.78, 5) is 26.7. The van der Waals surface area contributed by atoms with Gasteiger partial charge >= 0.3 is 0 Å². The number of hydrogen-bond donors (Lipinski definition) is 2. The summed E-state index contributed by atoms with van der Waals surface area (Å²) in [5.41, 5.74) is 7.78. The van der Waals surface area contributed by atoms with E-state index in [2.05, 4.69) is 5.32 Å². The molecule has 34 heavy (non-hydrogen) atoms. The van der Waals surface area contributed by atoms with Gasteiger partial charge in [0.25, 0.3) is 0 Å². The molecule has 4 aromatic rings. The van der Waals surface area contributed by atoms with E-state index in [0.29, 0.717) is 5.02 Å². The highest BCUT2D eigenvalue weighted by Crippen LogP contribution is 2.39. The van der Waals surface area contributed by atoms with E-state index in [4.69, 9.17) is 17.3 Å². The standard InChI is InChI=1S/C29H25ClN2O2/c30-25-18-16-21(17-19-25)20-26(27(31)33)32-28(34)29(22-10-4-1-5-11-22,23-12-6-2-7-13-23)24-14-8-3-9-15-24/h1-19,26H,20H2,(H2,31,33)(H,32,34)/t26-/m1/s1. The Labute approximate surface area is 204 Å². The average molecular weight is 469 g/mol. The van der Waals surface area contributed by atoms with Gasteiger partial charge in [-0.1, -0.05) is 115 Å². The molecular formula is C29H25ClN2O2. The van der Waals surface area contributed by atoms with Crippen LogP contribution >= 0.6 is 11.6 Å². The molecule has 170 valence electrons. The van der Waals surface area contributed by atoms with Gasteiger partial charge in [0.2, 0.25) is 11.8 Å². The highest BCUT2D eigenvalue weighted by atomic mass is 35.5. The second kappa shape index (κ2) is 10.4. The van der Waals surface area contributed by atoms with Crippen molar-refractivity contribution in [3.63, 3.8) is 0 Å². The van der Waals surface area contributed by atoms with Gasteiger partial charge in [0.05, 0.1) is 0 Å². The van der Waals surface area contributed by atoms with E-state index in [1.165, 1.54) is 0 Å². The number of nitrogens with two attached hydrogens (primary N) is 1. The number of nitrogens with one attached hydrogen (secondary N) is 1. The topological polar surface area (TPSA) is 72.2 Å². The highest BCUT2D eigenvalue weighted by Gasteiger charge is 2.44. The number of rotatable bonds is 8. The van der Waals surface area contributed by atoms with E-state index in [-0.39, 0.29) is 12.3 Å². The summed E-state index contributed by atoms with van der Waals surface area (Å²) in [5.74, 6) is -0.930. The van der Waals surface area contributed by atoms with Gasteiger partial charge in [-0.25, -0.2) is 0 Å². The fourth-order valence-corrected chi connectivity index (χ4v) is 4.43. The summed E-state index contributed by atoms with van der Waals surface area (Å²) in [6.45, 7) is 0. The number of carbonyl (C=O) groups is 2. The molecule has 0 aliphatic rings. The summed E-state index contributed by atoms with van der Waals surface area (Å²) in [6, 6.07) is 35.0. The van der Waals surface area contributed by atoms with Crippen molar-refractivity contribution in [2.75, 3.05) is 0 Å². The van der Waals surface area contributed by atoms with E-state index >= 15 is 0 Å². The van der Waals surface area contributed by atoms with Gasteiger partial charge in [-0.15, -0.1) is 0 Å². The first-order valence-electron chi connectivity index (χ1n) is 11.0. The smallest absolute Gasteiger partial charge is 0.240 e. The minimum Gasteiger partial charge on any atom is -0.368 e. The highest BCUT2D eigenvalue weighted by molar-refractivity contribution is 6.30. The van der Waals surface area contributed by atoms with Crippen LogP contribution in [0.5, 0.6) is 0 Å². The van der Waals surface area contributed by atoms with Gasteiger partial charge < -0.3 is 11.1 Å². The molecule has 0 spiro atoms. The van der Waals surface area contributed by atoms with Crippen LogP contribution in [0.4, 0.5) is 0 Å². The van der Waals surface area contributed by atoms with Crippen molar-refractivity contribution < 1.29 is 9.59 Å². The van der Waals surface area contributed by atoms with Crippen LogP contribution in [0.1, 0.15) is 22.3 Å². The number of primary amides is 1. The molecular weight excluding hydrogens is 444 g/mol. The molecule has 3 N–H and O–H groups in total. The van der Waals surface area contributed by atoms with E-state index in [1.807, 2.05) is 103 Å². The number of benzene rings is 4. The zero-order chi connectivity index (χ0) is 24.0. The lowest BCUT2D eigenvalue weighted by atomic mass is 9.68. The summed E-state index contributed by atoms with van der Waals surface area (Å²) < 4.78 is 0. The third-order valence-electron chi connectivity index (χ3n) is 5.96. The molecule has 4 nitrogen and oxygen atoms in total. The van der Waals surface area contributed by atoms with Crippen molar-refractivity contribution in [3.05, 3.63) is 143 Å². The summed E-state index contributed by atoms with van der Waals surface area (Å²) in [6.07, 6.45) is 0.257. The lowest BCUT2D eigenvalue weighted by molar-refractivity contribution is -0.129. The van der Waals surface area contributed by atoms with E-state index in [0.717, 1.165) is 22.3 Å². The SMILES string of the molecule is NC(=O)[C@@H](Cc1ccc(Cl)cc1)NC(=O)C(c1ccccc1)(c1ccccc1)c1ccccc1. The third kappa shape index (κ3) is 4.73. The van der Waals surface area contributed by atoms with Gasteiger partial charge in [0.15, 0.2) is 0 Å². The lowest BCUT2D eigenvalue weighted by Gasteiger charge is -2.35. The molecule has 1 atom stereocenters. The van der Waals surface area contributed by atoms with Crippen molar-refractivity contribution in [1.82, 2.24) is 5.32 Å². The number of amides is 2. The molecule has 0 unspecified atom stereocenters. The summed E-state index contributed by atoms with van der Waals surface area (Å²) in [7, 11) is 0. The molecule has 0 aliphatic carbocycles. The molecule has 0 saturated carbocycles. The van der Waals surface area contributed by atoms with Crippen LogP contribution in [0.3, 0.4) is 0 Å². The van der Waals surface area contributed by atoms with Crippen LogP contribution in [-0.2, 0) is 21.4 Å². The van der Waals surface area contributed by atoms with Crippen LogP contribution in [0.2, 0.25) is 5.02 Å². The first-order chi connectivity index (χ1) is 16.5.